The molecule has 0 fully saturated rings. The van der Waals surface area contributed by atoms with E-state index in [0.29, 0.717) is 11.8 Å². The standard InChI is InChI=1S/C18H16F3N3O2S/c1-17(26,10-27-13-6-3-11(22)4-7-13)16(25)24-12-5-8-15(23-2)14(9-12)18(19,20)21/h3-9,26H,10,22H2,1H3,(H,24,25)/t17-/m1/s1. The Morgan fingerprint density at radius 2 is 1.89 bits per heavy atom. The van der Waals surface area contributed by atoms with Crippen molar-refractivity contribution < 1.29 is 23.1 Å². The minimum Gasteiger partial charge on any atom is -0.399 e. The number of anilines is 2. The largest absolute Gasteiger partial charge is 0.407 e. The van der Waals surface area contributed by atoms with Crippen molar-refractivity contribution in [3.63, 3.8) is 0 Å². The van der Waals surface area contributed by atoms with E-state index < -0.39 is 28.9 Å². The first-order valence-electron chi connectivity index (χ1n) is 7.64. The molecule has 1 amide bonds. The van der Waals surface area contributed by atoms with E-state index in [9.17, 15) is 23.1 Å². The van der Waals surface area contributed by atoms with Crippen LogP contribution in [0.5, 0.6) is 0 Å². The smallest absolute Gasteiger partial charge is 0.399 e. The molecule has 1 atom stereocenters. The lowest BCUT2D eigenvalue weighted by Gasteiger charge is -2.22. The van der Waals surface area contributed by atoms with E-state index in [1.807, 2.05) is 0 Å². The minimum atomic E-state index is -4.73. The maximum Gasteiger partial charge on any atom is 0.407 e. The number of halogens is 3. The number of hydrogen-bond acceptors (Lipinski definition) is 4. The van der Waals surface area contributed by atoms with Crippen LogP contribution in [0.15, 0.2) is 47.4 Å². The van der Waals surface area contributed by atoms with Crippen LogP contribution in [-0.2, 0) is 11.0 Å². The highest BCUT2D eigenvalue weighted by Crippen LogP contribution is 2.38. The molecule has 2 rings (SSSR count). The van der Waals surface area contributed by atoms with Crippen molar-refractivity contribution in [3.05, 3.63) is 59.4 Å². The third kappa shape index (κ3) is 5.39. The van der Waals surface area contributed by atoms with Crippen LogP contribution in [0.3, 0.4) is 0 Å². The van der Waals surface area contributed by atoms with Crippen molar-refractivity contribution in [2.45, 2.75) is 23.6 Å². The molecule has 142 valence electrons. The predicted octanol–water partition coefficient (Wildman–Crippen LogP) is 4.32. The summed E-state index contributed by atoms with van der Waals surface area (Å²) in [6, 6.07) is 9.64. The van der Waals surface area contributed by atoms with E-state index >= 15 is 0 Å². The Bertz CT molecular complexity index is 875. The fourth-order valence-electron chi connectivity index (χ4n) is 2.06. The van der Waals surface area contributed by atoms with Gasteiger partial charge in [0.15, 0.2) is 5.69 Å². The highest BCUT2D eigenvalue weighted by Gasteiger charge is 2.35. The lowest BCUT2D eigenvalue weighted by molar-refractivity contribution is -0.137. The second kappa shape index (κ2) is 7.90. The Hall–Kier alpha value is -2.70. The molecule has 27 heavy (non-hydrogen) atoms. The number of nitrogens with zero attached hydrogens (tertiary/aromatic N) is 1. The Kier molecular flexibility index (Phi) is 6.03. The Labute approximate surface area is 158 Å². The molecular weight excluding hydrogens is 379 g/mol. The van der Waals surface area contributed by atoms with Gasteiger partial charge in [0.25, 0.3) is 5.91 Å². The number of aliphatic hydroxyl groups is 1. The average Bonchev–Trinajstić information content (AvgIpc) is 2.60. The van der Waals surface area contributed by atoms with Gasteiger partial charge in [-0.2, -0.15) is 13.2 Å². The first kappa shape index (κ1) is 20.6. The lowest BCUT2D eigenvalue weighted by Crippen LogP contribution is -2.42. The average molecular weight is 395 g/mol. The van der Waals surface area contributed by atoms with Crippen molar-refractivity contribution in [1.82, 2.24) is 0 Å². The zero-order chi connectivity index (χ0) is 20.2. The molecule has 0 heterocycles. The van der Waals surface area contributed by atoms with Crippen LogP contribution in [0.25, 0.3) is 4.85 Å². The number of nitrogens with two attached hydrogens (primary N) is 1. The molecule has 2 aromatic rings. The minimum absolute atomic E-state index is 0.0188. The summed E-state index contributed by atoms with van der Waals surface area (Å²) in [5.74, 6) is -0.871. The fourth-order valence-corrected chi connectivity index (χ4v) is 2.96. The zero-order valence-corrected chi connectivity index (χ0v) is 15.0. The van der Waals surface area contributed by atoms with E-state index in [4.69, 9.17) is 12.3 Å². The summed E-state index contributed by atoms with van der Waals surface area (Å²) in [5.41, 5.74) is 2.46. The fraction of sp³-hybridized carbons (Fsp3) is 0.222. The summed E-state index contributed by atoms with van der Waals surface area (Å²) >= 11 is 1.20. The van der Waals surface area contributed by atoms with Crippen molar-refractivity contribution in [3.8, 4) is 0 Å². The van der Waals surface area contributed by atoms with Gasteiger partial charge in [-0.3, -0.25) is 4.79 Å². The normalized spacial score (nSPS) is 13.5. The number of rotatable bonds is 5. The third-order valence-electron chi connectivity index (χ3n) is 3.57. The number of nitrogens with one attached hydrogen (secondary N) is 1. The molecule has 5 nitrogen and oxygen atoms in total. The van der Waals surface area contributed by atoms with Crippen LogP contribution in [0, 0.1) is 6.57 Å². The van der Waals surface area contributed by atoms with E-state index in [1.54, 1.807) is 24.3 Å². The third-order valence-corrected chi connectivity index (χ3v) is 4.88. The van der Waals surface area contributed by atoms with Gasteiger partial charge in [-0.05, 0) is 43.3 Å². The number of hydrogen-bond donors (Lipinski definition) is 3. The molecule has 0 aliphatic carbocycles. The van der Waals surface area contributed by atoms with E-state index in [0.717, 1.165) is 11.0 Å². The molecule has 0 aromatic heterocycles. The molecule has 4 N–H and O–H groups in total. The van der Waals surface area contributed by atoms with Gasteiger partial charge in [0.1, 0.15) is 5.60 Å². The van der Waals surface area contributed by atoms with Gasteiger partial charge in [0.2, 0.25) is 0 Å². The monoisotopic (exact) mass is 395 g/mol. The van der Waals surface area contributed by atoms with Crippen LogP contribution in [-0.4, -0.2) is 22.4 Å². The van der Waals surface area contributed by atoms with Crippen LogP contribution in [0.2, 0.25) is 0 Å². The number of carbonyl (C=O) groups is 1. The van der Waals surface area contributed by atoms with Crippen molar-refractivity contribution in [1.29, 1.82) is 0 Å². The summed E-state index contributed by atoms with van der Waals surface area (Å²) in [5, 5.41) is 12.6. The number of nitrogen functional groups attached to an aromatic ring is 1. The van der Waals surface area contributed by atoms with E-state index in [1.165, 1.54) is 24.8 Å². The van der Waals surface area contributed by atoms with Crippen molar-refractivity contribution in [2.24, 2.45) is 0 Å². The molecular formula is C18H16F3N3O2S. The molecule has 0 aliphatic rings. The summed E-state index contributed by atoms with van der Waals surface area (Å²) in [4.78, 5) is 15.9. The predicted molar refractivity (Wildman–Crippen MR) is 98.5 cm³/mol. The molecule has 0 aliphatic heterocycles. The molecule has 0 unspecified atom stereocenters. The van der Waals surface area contributed by atoms with E-state index in [-0.39, 0.29) is 11.4 Å². The number of carbonyl (C=O) groups excluding carboxylic acids is 1. The van der Waals surface area contributed by atoms with Gasteiger partial charge in [-0.15, -0.1) is 11.8 Å². The number of thioether (sulfide) groups is 1. The molecule has 2 aromatic carbocycles. The zero-order valence-electron chi connectivity index (χ0n) is 14.2. The van der Waals surface area contributed by atoms with Crippen molar-refractivity contribution in [2.75, 3.05) is 16.8 Å². The summed E-state index contributed by atoms with van der Waals surface area (Å²) in [7, 11) is 0. The van der Waals surface area contributed by atoms with Gasteiger partial charge in [0.05, 0.1) is 12.1 Å². The Balaban J connectivity index is 2.11. The molecule has 0 saturated carbocycles. The number of alkyl halides is 3. The van der Waals surface area contributed by atoms with Gasteiger partial charge in [-0.1, -0.05) is 6.07 Å². The molecule has 0 bridgehead atoms. The number of amides is 1. The topological polar surface area (TPSA) is 79.7 Å². The Morgan fingerprint density at radius 3 is 2.44 bits per heavy atom. The SMILES string of the molecule is [C-]#[N+]c1ccc(NC(=O)[C@](C)(O)CSc2ccc(N)cc2)cc1C(F)(F)F. The first-order chi connectivity index (χ1) is 12.5. The summed E-state index contributed by atoms with van der Waals surface area (Å²) in [6.07, 6.45) is -4.73. The maximum absolute atomic E-state index is 13.0. The highest BCUT2D eigenvalue weighted by molar-refractivity contribution is 7.99. The van der Waals surface area contributed by atoms with E-state index in [2.05, 4.69) is 10.2 Å². The van der Waals surface area contributed by atoms with Crippen LogP contribution in [0.4, 0.5) is 30.2 Å². The highest BCUT2D eigenvalue weighted by atomic mass is 32.2. The second-order valence-electron chi connectivity index (χ2n) is 5.93. The van der Waals surface area contributed by atoms with Gasteiger partial charge in [-0.25, -0.2) is 4.85 Å². The number of benzene rings is 2. The van der Waals surface area contributed by atoms with Crippen LogP contribution >= 0.6 is 11.8 Å². The molecule has 0 saturated heterocycles. The summed E-state index contributed by atoms with van der Waals surface area (Å²) < 4.78 is 39.0. The quantitative estimate of drug-likeness (QED) is 0.400. The molecule has 9 heteroatoms. The Morgan fingerprint density at radius 1 is 1.26 bits per heavy atom. The lowest BCUT2D eigenvalue weighted by atomic mass is 10.1. The van der Waals surface area contributed by atoms with Crippen molar-refractivity contribution >= 4 is 34.7 Å². The molecule has 0 radical (unpaired) electrons. The molecule has 0 spiro atoms. The van der Waals surface area contributed by atoms with Crippen LogP contribution < -0.4 is 11.1 Å². The second-order valence-corrected chi connectivity index (χ2v) is 6.98. The summed E-state index contributed by atoms with van der Waals surface area (Å²) in [6.45, 7) is 8.08. The maximum atomic E-state index is 13.0. The first-order valence-corrected chi connectivity index (χ1v) is 8.62. The van der Waals surface area contributed by atoms with Gasteiger partial charge in [0, 0.05) is 22.0 Å². The van der Waals surface area contributed by atoms with Gasteiger partial charge < -0.3 is 16.2 Å². The van der Waals surface area contributed by atoms with Gasteiger partial charge >= 0.3 is 6.18 Å². The van der Waals surface area contributed by atoms with Crippen LogP contribution in [0.1, 0.15) is 12.5 Å².